The van der Waals surface area contributed by atoms with Crippen LogP contribution in [0.3, 0.4) is 0 Å². The minimum atomic E-state index is 0.675. The van der Waals surface area contributed by atoms with Crippen molar-refractivity contribution < 1.29 is 0 Å². The summed E-state index contributed by atoms with van der Waals surface area (Å²) in [5, 5.41) is 0. The smallest absolute Gasteiger partial charge is 0.0319 e. The van der Waals surface area contributed by atoms with E-state index in [2.05, 4.69) is 60.7 Å². The monoisotopic (exact) mass is 309 g/mol. The number of nitrogen functional groups attached to an aromatic ring is 1. The highest BCUT2D eigenvalue weighted by molar-refractivity contribution is 5.95. The van der Waals surface area contributed by atoms with Crippen LogP contribution < -0.4 is 5.73 Å². The lowest BCUT2D eigenvalue weighted by Gasteiger charge is -2.14. The second-order valence-corrected chi connectivity index (χ2v) is 6.85. The summed E-state index contributed by atoms with van der Waals surface area (Å²) in [5.74, 6) is 1.35. The zero-order chi connectivity index (χ0) is 16.1. The van der Waals surface area contributed by atoms with Gasteiger partial charge in [-0.1, -0.05) is 60.7 Å². The van der Waals surface area contributed by atoms with Crippen molar-refractivity contribution in [3.05, 3.63) is 101 Å². The van der Waals surface area contributed by atoms with Crippen molar-refractivity contribution in [1.29, 1.82) is 0 Å². The molecule has 24 heavy (non-hydrogen) atoms. The zero-order valence-electron chi connectivity index (χ0n) is 13.4. The lowest BCUT2D eigenvalue weighted by atomic mass is 9.90. The Labute approximate surface area is 142 Å². The zero-order valence-corrected chi connectivity index (χ0v) is 13.4. The van der Waals surface area contributed by atoms with Crippen molar-refractivity contribution in [2.24, 2.45) is 0 Å². The van der Waals surface area contributed by atoms with Crippen LogP contribution in [0.25, 0.3) is 11.6 Å². The average Bonchev–Trinajstić information content (AvgIpc) is 3.40. The first-order valence-electron chi connectivity index (χ1n) is 8.57. The van der Waals surface area contributed by atoms with E-state index in [0.29, 0.717) is 11.8 Å². The molecule has 0 spiro atoms. The fourth-order valence-electron chi connectivity index (χ4n) is 4.13. The van der Waals surface area contributed by atoms with E-state index in [4.69, 9.17) is 5.73 Å². The molecule has 0 saturated heterocycles. The molecular weight excluding hydrogens is 290 g/mol. The third-order valence-electron chi connectivity index (χ3n) is 5.31. The minimum Gasteiger partial charge on any atom is -0.399 e. The van der Waals surface area contributed by atoms with Gasteiger partial charge < -0.3 is 5.73 Å². The van der Waals surface area contributed by atoms with Gasteiger partial charge in [-0.15, -0.1) is 0 Å². The van der Waals surface area contributed by atoms with Crippen LogP contribution in [0.2, 0.25) is 0 Å². The topological polar surface area (TPSA) is 26.0 Å². The van der Waals surface area contributed by atoms with E-state index in [0.717, 1.165) is 11.3 Å². The summed E-state index contributed by atoms with van der Waals surface area (Å²) in [6.45, 7) is 0. The molecule has 3 aromatic rings. The summed E-state index contributed by atoms with van der Waals surface area (Å²) < 4.78 is 0. The van der Waals surface area contributed by atoms with Gasteiger partial charge in [0.2, 0.25) is 0 Å². The molecule has 1 saturated carbocycles. The molecule has 0 bridgehead atoms. The molecule has 1 nitrogen and oxygen atoms in total. The summed E-state index contributed by atoms with van der Waals surface area (Å²) >= 11 is 0. The molecule has 0 heterocycles. The van der Waals surface area contributed by atoms with Crippen LogP contribution in [-0.2, 0) is 0 Å². The number of hydrogen-bond acceptors (Lipinski definition) is 1. The normalized spacial score (nSPS) is 22.2. The molecule has 2 atom stereocenters. The van der Waals surface area contributed by atoms with Gasteiger partial charge in [-0.25, -0.2) is 0 Å². The van der Waals surface area contributed by atoms with Crippen molar-refractivity contribution >= 4 is 17.3 Å². The maximum Gasteiger partial charge on any atom is 0.0319 e. The van der Waals surface area contributed by atoms with E-state index in [1.54, 1.807) is 0 Å². The molecule has 2 aliphatic rings. The molecule has 0 amide bonds. The quantitative estimate of drug-likeness (QED) is 0.595. The SMILES string of the molecule is Nc1cccc(C=C2c3ccccc3[C@H]3C[C@H]3c3ccccc32)c1. The standard InChI is InChI=1S/C23H19N/c24-16-7-5-6-15(12-16)13-21-17-8-1-3-10-19(17)22-14-23(22)20-11-4-2-9-18(20)21/h1-13,22-23H,14,24H2/t22-,23+. The number of hydrogen-bond donors (Lipinski definition) is 1. The predicted molar refractivity (Wildman–Crippen MR) is 101 cm³/mol. The van der Waals surface area contributed by atoms with E-state index in [-0.39, 0.29) is 0 Å². The Morgan fingerprint density at radius 1 is 0.750 bits per heavy atom. The highest BCUT2D eigenvalue weighted by Crippen LogP contribution is 2.60. The molecular formula is C23H19N. The Kier molecular flexibility index (Phi) is 2.90. The number of anilines is 1. The summed E-state index contributed by atoms with van der Waals surface area (Å²) in [6.07, 6.45) is 3.57. The third-order valence-corrected chi connectivity index (χ3v) is 5.31. The van der Waals surface area contributed by atoms with Crippen LogP contribution in [0.4, 0.5) is 5.69 Å². The molecule has 0 aliphatic heterocycles. The Morgan fingerprint density at radius 3 is 2.00 bits per heavy atom. The van der Waals surface area contributed by atoms with Crippen molar-refractivity contribution in [3.8, 4) is 0 Å². The third kappa shape index (κ3) is 2.09. The summed E-state index contributed by atoms with van der Waals surface area (Å²) in [6, 6.07) is 25.9. The molecule has 2 N–H and O–H groups in total. The predicted octanol–water partition coefficient (Wildman–Crippen LogP) is 5.44. The Hall–Kier alpha value is -2.80. The number of nitrogens with two attached hydrogens (primary N) is 1. The van der Waals surface area contributed by atoms with Gasteiger partial charge in [0, 0.05) is 5.69 Å². The first-order chi connectivity index (χ1) is 11.8. The first-order valence-corrected chi connectivity index (χ1v) is 8.57. The average molecular weight is 309 g/mol. The highest BCUT2D eigenvalue weighted by atomic mass is 14.5. The van der Waals surface area contributed by atoms with Gasteiger partial charge in [-0.05, 0) is 69.9 Å². The van der Waals surface area contributed by atoms with Gasteiger partial charge in [0.15, 0.2) is 0 Å². The molecule has 1 fully saturated rings. The van der Waals surface area contributed by atoms with Crippen molar-refractivity contribution in [2.75, 3.05) is 5.73 Å². The molecule has 1 heteroatoms. The highest BCUT2D eigenvalue weighted by Gasteiger charge is 2.44. The lowest BCUT2D eigenvalue weighted by molar-refractivity contribution is 1.03. The van der Waals surface area contributed by atoms with Crippen molar-refractivity contribution in [3.63, 3.8) is 0 Å². The van der Waals surface area contributed by atoms with Crippen molar-refractivity contribution in [1.82, 2.24) is 0 Å². The van der Waals surface area contributed by atoms with Crippen molar-refractivity contribution in [2.45, 2.75) is 18.3 Å². The van der Waals surface area contributed by atoms with E-state index in [1.807, 2.05) is 18.2 Å². The Bertz CT molecular complexity index is 914. The second kappa shape index (κ2) is 5.10. The number of benzene rings is 3. The van der Waals surface area contributed by atoms with E-state index in [1.165, 1.54) is 34.2 Å². The molecule has 0 radical (unpaired) electrons. The van der Waals surface area contributed by atoms with Gasteiger partial charge in [-0.2, -0.15) is 0 Å². The Morgan fingerprint density at radius 2 is 1.38 bits per heavy atom. The van der Waals surface area contributed by atoms with E-state index >= 15 is 0 Å². The summed E-state index contributed by atoms with van der Waals surface area (Å²) in [4.78, 5) is 0. The largest absolute Gasteiger partial charge is 0.399 e. The number of fused-ring (bicyclic) bond motifs is 5. The van der Waals surface area contributed by atoms with Crippen LogP contribution in [0, 0.1) is 0 Å². The first kappa shape index (κ1) is 13.6. The van der Waals surface area contributed by atoms with Gasteiger partial charge in [0.25, 0.3) is 0 Å². The molecule has 0 aromatic heterocycles. The minimum absolute atomic E-state index is 0.675. The summed E-state index contributed by atoms with van der Waals surface area (Å²) in [7, 11) is 0. The molecule has 5 rings (SSSR count). The van der Waals surface area contributed by atoms with Gasteiger partial charge in [0.05, 0.1) is 0 Å². The molecule has 0 unspecified atom stereocenters. The van der Waals surface area contributed by atoms with Crippen LogP contribution in [-0.4, -0.2) is 0 Å². The molecule has 116 valence electrons. The summed E-state index contributed by atoms with van der Waals surface area (Å²) in [5.41, 5.74) is 15.0. The fourth-order valence-corrected chi connectivity index (χ4v) is 4.13. The second-order valence-electron chi connectivity index (χ2n) is 6.85. The van der Waals surface area contributed by atoms with Crippen LogP contribution >= 0.6 is 0 Å². The molecule has 3 aromatic carbocycles. The van der Waals surface area contributed by atoms with Gasteiger partial charge in [0.1, 0.15) is 0 Å². The van der Waals surface area contributed by atoms with Gasteiger partial charge in [-0.3, -0.25) is 0 Å². The lowest BCUT2D eigenvalue weighted by Crippen LogP contribution is -1.94. The van der Waals surface area contributed by atoms with Crippen LogP contribution in [0.1, 0.15) is 46.1 Å². The Balaban J connectivity index is 1.79. The fraction of sp³-hybridized carbons (Fsp3) is 0.130. The molecule has 2 aliphatic carbocycles. The van der Waals surface area contributed by atoms with Gasteiger partial charge >= 0.3 is 0 Å². The maximum atomic E-state index is 5.98. The van der Waals surface area contributed by atoms with Crippen LogP contribution in [0.5, 0.6) is 0 Å². The number of rotatable bonds is 1. The van der Waals surface area contributed by atoms with Crippen LogP contribution in [0.15, 0.2) is 72.8 Å². The maximum absolute atomic E-state index is 5.98. The van der Waals surface area contributed by atoms with E-state index < -0.39 is 0 Å². The van der Waals surface area contributed by atoms with E-state index in [9.17, 15) is 0 Å².